The molecule has 1 aliphatic rings. The lowest BCUT2D eigenvalue weighted by molar-refractivity contribution is 0.323. The first-order valence-corrected chi connectivity index (χ1v) is 10.3. The predicted molar refractivity (Wildman–Crippen MR) is 123 cm³/mol. The van der Waals surface area contributed by atoms with Gasteiger partial charge in [0.25, 0.3) is 0 Å². The number of rotatable bonds is 7. The minimum Gasteiger partial charge on any atom is -0.495 e. The largest absolute Gasteiger partial charge is 0.495 e. The fourth-order valence-corrected chi connectivity index (χ4v) is 3.80. The lowest BCUT2D eigenvalue weighted by Gasteiger charge is -2.38. The number of hydrogen-bond acceptors (Lipinski definition) is 6. The first-order valence-electron chi connectivity index (χ1n) is 10.3. The summed E-state index contributed by atoms with van der Waals surface area (Å²) in [6.07, 6.45) is 0. The summed E-state index contributed by atoms with van der Waals surface area (Å²) in [6, 6.07) is 12.0. The van der Waals surface area contributed by atoms with Crippen LogP contribution in [0.25, 0.3) is 0 Å². The second-order valence-corrected chi connectivity index (χ2v) is 7.08. The van der Waals surface area contributed by atoms with Crippen molar-refractivity contribution >= 4 is 11.6 Å². The van der Waals surface area contributed by atoms with E-state index in [9.17, 15) is 0 Å². The smallest absolute Gasteiger partial charge is 0.203 e. The molecule has 0 amide bonds. The van der Waals surface area contributed by atoms with E-state index in [4.69, 9.17) is 18.9 Å². The van der Waals surface area contributed by atoms with Crippen LogP contribution in [0.4, 0.5) is 5.69 Å². The van der Waals surface area contributed by atoms with Crippen molar-refractivity contribution in [2.24, 2.45) is 4.99 Å². The maximum absolute atomic E-state index is 5.52. The third-order valence-electron chi connectivity index (χ3n) is 5.39. The van der Waals surface area contributed by atoms with Crippen molar-refractivity contribution < 1.29 is 18.9 Å². The number of piperazine rings is 1. The van der Waals surface area contributed by atoms with Crippen LogP contribution in [0.1, 0.15) is 5.56 Å². The Kier molecular flexibility index (Phi) is 7.70. The topological polar surface area (TPSA) is 67.8 Å². The summed E-state index contributed by atoms with van der Waals surface area (Å²) in [6.45, 7) is 4.12. The van der Waals surface area contributed by atoms with E-state index in [1.54, 1.807) is 28.4 Å². The zero-order chi connectivity index (χ0) is 22.2. The number of hydrogen-bond donors (Lipinski definition) is 1. The first-order chi connectivity index (χ1) is 15.1. The molecular formula is C23H32N4O4. The molecule has 168 valence electrons. The van der Waals surface area contributed by atoms with Crippen LogP contribution in [-0.4, -0.2) is 72.5 Å². The highest BCUT2D eigenvalue weighted by Gasteiger charge is 2.22. The highest BCUT2D eigenvalue weighted by molar-refractivity contribution is 5.80. The summed E-state index contributed by atoms with van der Waals surface area (Å²) >= 11 is 0. The molecule has 1 N–H and O–H groups in total. The Bertz CT molecular complexity index is 870. The number of nitrogens with one attached hydrogen (secondary N) is 1. The zero-order valence-electron chi connectivity index (χ0n) is 19.0. The van der Waals surface area contributed by atoms with Gasteiger partial charge in [0.2, 0.25) is 5.75 Å². The molecule has 0 unspecified atom stereocenters. The van der Waals surface area contributed by atoms with Gasteiger partial charge in [-0.25, -0.2) is 0 Å². The van der Waals surface area contributed by atoms with Crippen LogP contribution >= 0.6 is 0 Å². The Labute approximate surface area is 184 Å². The monoisotopic (exact) mass is 428 g/mol. The normalized spacial score (nSPS) is 14.3. The predicted octanol–water partition coefficient (Wildman–Crippen LogP) is 2.62. The molecule has 0 aromatic heterocycles. The second-order valence-electron chi connectivity index (χ2n) is 7.08. The Balaban J connectivity index is 1.63. The van der Waals surface area contributed by atoms with Crippen molar-refractivity contribution in [2.75, 3.05) is 66.6 Å². The van der Waals surface area contributed by atoms with Crippen LogP contribution in [0, 0.1) is 0 Å². The lowest BCUT2D eigenvalue weighted by atomic mass is 10.1. The lowest BCUT2D eigenvalue weighted by Crippen LogP contribution is -2.52. The van der Waals surface area contributed by atoms with Gasteiger partial charge in [0.1, 0.15) is 5.75 Å². The summed E-state index contributed by atoms with van der Waals surface area (Å²) in [7, 11) is 8.36. The van der Waals surface area contributed by atoms with Crippen molar-refractivity contribution in [1.29, 1.82) is 0 Å². The summed E-state index contributed by atoms with van der Waals surface area (Å²) in [4.78, 5) is 9.10. The molecule has 0 aliphatic carbocycles. The van der Waals surface area contributed by atoms with E-state index in [0.717, 1.165) is 49.1 Å². The van der Waals surface area contributed by atoms with E-state index in [-0.39, 0.29) is 0 Å². The number of methoxy groups -OCH3 is 4. The Morgan fingerprint density at radius 3 is 2.03 bits per heavy atom. The number of aliphatic imine (C=N–C) groups is 1. The molecular weight excluding hydrogens is 396 g/mol. The maximum atomic E-state index is 5.52. The van der Waals surface area contributed by atoms with Crippen LogP contribution in [0.3, 0.4) is 0 Å². The standard InChI is InChI=1S/C23H32N4O4/c1-24-23(25-16-17-14-20(29-3)22(31-5)21(15-17)30-4)27-12-10-26(11-13-27)18-8-6-7-9-19(18)28-2/h6-9,14-15H,10-13,16H2,1-5H3,(H,24,25). The molecule has 1 aliphatic heterocycles. The third-order valence-corrected chi connectivity index (χ3v) is 5.39. The fraction of sp³-hybridized carbons (Fsp3) is 0.435. The van der Waals surface area contributed by atoms with Crippen molar-refractivity contribution in [2.45, 2.75) is 6.54 Å². The SMILES string of the molecule is CN=C(NCc1cc(OC)c(OC)c(OC)c1)N1CCN(c2ccccc2OC)CC1. The number of guanidine groups is 1. The van der Waals surface area contributed by atoms with Crippen LogP contribution in [0.2, 0.25) is 0 Å². The van der Waals surface area contributed by atoms with Gasteiger partial charge in [-0.3, -0.25) is 4.99 Å². The van der Waals surface area contributed by atoms with E-state index in [2.05, 4.69) is 26.2 Å². The van der Waals surface area contributed by atoms with Gasteiger partial charge in [0.05, 0.1) is 34.1 Å². The average Bonchev–Trinajstić information content (AvgIpc) is 2.84. The third kappa shape index (κ3) is 5.07. The number of para-hydroxylation sites is 2. The summed E-state index contributed by atoms with van der Waals surface area (Å²) in [5, 5.41) is 3.45. The molecule has 1 saturated heterocycles. The quantitative estimate of drug-likeness (QED) is 0.537. The molecule has 31 heavy (non-hydrogen) atoms. The van der Waals surface area contributed by atoms with Crippen LogP contribution < -0.4 is 29.2 Å². The molecule has 0 saturated carbocycles. The molecule has 8 nitrogen and oxygen atoms in total. The number of benzene rings is 2. The van der Waals surface area contributed by atoms with Gasteiger partial charge in [-0.1, -0.05) is 12.1 Å². The number of anilines is 1. The van der Waals surface area contributed by atoms with Crippen LogP contribution in [0.15, 0.2) is 41.4 Å². The van der Waals surface area contributed by atoms with E-state index in [1.807, 2.05) is 37.4 Å². The first kappa shape index (κ1) is 22.4. The second kappa shape index (κ2) is 10.7. The molecule has 1 fully saturated rings. The number of ether oxygens (including phenoxy) is 4. The van der Waals surface area contributed by atoms with Gasteiger partial charge < -0.3 is 34.1 Å². The highest BCUT2D eigenvalue weighted by atomic mass is 16.5. The summed E-state index contributed by atoms with van der Waals surface area (Å²) < 4.78 is 21.8. The molecule has 0 spiro atoms. The van der Waals surface area contributed by atoms with Crippen LogP contribution in [-0.2, 0) is 6.54 Å². The minimum atomic E-state index is 0.589. The van der Waals surface area contributed by atoms with E-state index >= 15 is 0 Å². The van der Waals surface area contributed by atoms with E-state index < -0.39 is 0 Å². The van der Waals surface area contributed by atoms with Gasteiger partial charge in [0.15, 0.2) is 17.5 Å². The maximum Gasteiger partial charge on any atom is 0.203 e. The van der Waals surface area contributed by atoms with E-state index in [0.29, 0.717) is 23.8 Å². The highest BCUT2D eigenvalue weighted by Crippen LogP contribution is 2.38. The Morgan fingerprint density at radius 1 is 0.871 bits per heavy atom. The molecule has 0 atom stereocenters. The Hall–Kier alpha value is -3.29. The van der Waals surface area contributed by atoms with Gasteiger partial charge in [-0.15, -0.1) is 0 Å². The molecule has 2 aromatic carbocycles. The van der Waals surface area contributed by atoms with Gasteiger partial charge in [0, 0.05) is 39.8 Å². The van der Waals surface area contributed by atoms with Crippen molar-refractivity contribution in [3.05, 3.63) is 42.0 Å². The van der Waals surface area contributed by atoms with Gasteiger partial charge in [-0.05, 0) is 29.8 Å². The van der Waals surface area contributed by atoms with Gasteiger partial charge >= 0.3 is 0 Å². The zero-order valence-corrected chi connectivity index (χ0v) is 19.0. The number of nitrogens with zero attached hydrogens (tertiary/aromatic N) is 3. The summed E-state index contributed by atoms with van der Waals surface area (Å²) in [5.41, 5.74) is 2.15. The van der Waals surface area contributed by atoms with Crippen LogP contribution in [0.5, 0.6) is 23.0 Å². The van der Waals surface area contributed by atoms with Crippen molar-refractivity contribution in [1.82, 2.24) is 10.2 Å². The fourth-order valence-electron chi connectivity index (χ4n) is 3.80. The van der Waals surface area contributed by atoms with Crippen molar-refractivity contribution in [3.63, 3.8) is 0 Å². The molecule has 2 aromatic rings. The summed E-state index contributed by atoms with van der Waals surface area (Å²) in [5.74, 6) is 3.64. The molecule has 8 heteroatoms. The molecule has 0 radical (unpaired) electrons. The molecule has 0 bridgehead atoms. The van der Waals surface area contributed by atoms with Crippen molar-refractivity contribution in [3.8, 4) is 23.0 Å². The molecule has 1 heterocycles. The van der Waals surface area contributed by atoms with Gasteiger partial charge in [-0.2, -0.15) is 0 Å². The Morgan fingerprint density at radius 2 is 1.48 bits per heavy atom. The average molecular weight is 429 g/mol. The molecule has 3 rings (SSSR count). The minimum absolute atomic E-state index is 0.589. The van der Waals surface area contributed by atoms with E-state index in [1.165, 1.54) is 0 Å².